The number of rotatable bonds is 63. The largest absolute Gasteiger partial charge is 0.394 e. The number of amides is 8. The highest BCUT2D eigenvalue weighted by atomic mass is 16.7. The predicted octanol–water partition coefficient (Wildman–Crippen LogP) is -5.94. The number of hydrogen-bond donors (Lipinski definition) is 17. The number of unbranched alkanes of at least 4 members (excludes halogenated alkanes) is 6. The summed E-state index contributed by atoms with van der Waals surface area (Å²) >= 11 is 0. The number of nitrogens with one attached hydrogen (secondary N) is 8. The van der Waals surface area contributed by atoms with Crippen molar-refractivity contribution < 1.29 is 155 Å². The fourth-order valence-corrected chi connectivity index (χ4v) is 11.5. The van der Waals surface area contributed by atoms with Gasteiger partial charge in [0.25, 0.3) is 0 Å². The molecule has 40 heteroatoms. The highest BCUT2D eigenvalue weighted by molar-refractivity contribution is 5.92. The van der Waals surface area contributed by atoms with Gasteiger partial charge in [0, 0.05) is 40.4 Å². The number of ether oxygens (including phenoxy) is 15. The van der Waals surface area contributed by atoms with Crippen molar-refractivity contribution in [3.05, 3.63) is 0 Å². The van der Waals surface area contributed by atoms with Gasteiger partial charge in [-0.3, -0.25) is 38.4 Å². The molecule has 0 aromatic carbocycles. The molecule has 40 nitrogen and oxygen atoms in total. The molecule has 646 valence electrons. The molecule has 8 amide bonds. The van der Waals surface area contributed by atoms with Crippen LogP contribution in [-0.4, -0.2) is 375 Å². The first-order chi connectivity index (χ1) is 53.2. The second kappa shape index (κ2) is 59.5. The molecule has 3 aliphatic rings. The monoisotopic (exact) mass is 1610 g/mol. The van der Waals surface area contributed by atoms with Crippen LogP contribution < -0.4 is 42.5 Å². The van der Waals surface area contributed by atoms with Crippen LogP contribution in [0.5, 0.6) is 0 Å². The summed E-state index contributed by atoms with van der Waals surface area (Å²) in [5.74, 6) is -3.84. The number of carbonyl (C=O) groups is 8. The minimum absolute atomic E-state index is 0.00571. The van der Waals surface area contributed by atoms with Gasteiger partial charge in [0.1, 0.15) is 105 Å². The maximum atomic E-state index is 14.3. The summed E-state index contributed by atoms with van der Waals surface area (Å²) < 4.78 is 83.1. The van der Waals surface area contributed by atoms with E-state index in [1.54, 1.807) is 0 Å². The molecule has 0 aliphatic carbocycles. The van der Waals surface area contributed by atoms with E-state index in [-0.39, 0.29) is 175 Å². The first kappa shape index (κ1) is 100.0. The van der Waals surface area contributed by atoms with E-state index in [0.717, 1.165) is 32.1 Å². The third-order valence-corrected chi connectivity index (χ3v) is 17.4. The van der Waals surface area contributed by atoms with E-state index in [9.17, 15) is 84.3 Å². The molecule has 0 spiro atoms. The SMILES string of the molecule is CC(=O)N[C@H]1[C@H](OCCOCCOCCOCC(=O)NCCCCC[C@H](NC(=O)COCCOCCOCCO[C@@H]2O[C@H](CO)[C@H](O)[C@H](O)[C@H]2NC(C)=O)C(=O)NC(CCCCNC(=O)COCCOCCOCCO[C@@H]2O[C@H](CO)[C@H](O)[C@H](O)[C@H]2NC(C)=O)C(=O)NCCCCCCC(C)(C)C)O[C@H](CO)[C@H](O)[C@@H]1O. The van der Waals surface area contributed by atoms with Gasteiger partial charge in [0.2, 0.25) is 47.3 Å². The van der Waals surface area contributed by atoms with Crippen molar-refractivity contribution in [2.24, 2.45) is 5.41 Å². The third kappa shape index (κ3) is 43.9. The van der Waals surface area contributed by atoms with Crippen LogP contribution in [0.3, 0.4) is 0 Å². The van der Waals surface area contributed by atoms with Gasteiger partial charge in [-0.25, -0.2) is 0 Å². The van der Waals surface area contributed by atoms with Crippen molar-refractivity contribution in [2.75, 3.05) is 178 Å². The zero-order valence-electron chi connectivity index (χ0n) is 65.3. The fraction of sp³-hybridized carbons (Fsp3) is 0.887. The highest BCUT2D eigenvalue weighted by Crippen LogP contribution is 2.26. The lowest BCUT2D eigenvalue weighted by molar-refractivity contribution is -0.272. The Kier molecular flexibility index (Phi) is 53.6. The van der Waals surface area contributed by atoms with Crippen molar-refractivity contribution in [1.82, 2.24) is 42.5 Å². The normalized spacial score (nSPS) is 24.6. The molecule has 3 heterocycles. The molecule has 0 bridgehead atoms. The lowest BCUT2D eigenvalue weighted by Crippen LogP contribution is -2.64. The lowest BCUT2D eigenvalue weighted by Gasteiger charge is -2.42. The first-order valence-corrected chi connectivity index (χ1v) is 38.4. The molecule has 3 rings (SSSR count). The summed E-state index contributed by atoms with van der Waals surface area (Å²) in [6.07, 6.45) is -8.19. The molecule has 3 saturated heterocycles. The van der Waals surface area contributed by atoms with Gasteiger partial charge in [-0.15, -0.1) is 0 Å². The molecule has 0 saturated carbocycles. The van der Waals surface area contributed by atoms with E-state index in [2.05, 4.69) is 63.3 Å². The van der Waals surface area contributed by atoms with Crippen LogP contribution in [0.15, 0.2) is 0 Å². The molecule has 0 aromatic rings. The molecular weight excluding hydrogens is 1480 g/mol. The van der Waals surface area contributed by atoms with E-state index in [4.69, 9.17) is 71.1 Å². The third-order valence-electron chi connectivity index (χ3n) is 17.4. The maximum Gasteiger partial charge on any atom is 0.246 e. The van der Waals surface area contributed by atoms with Gasteiger partial charge in [-0.2, -0.15) is 0 Å². The molecule has 111 heavy (non-hydrogen) atoms. The quantitative estimate of drug-likeness (QED) is 0.0252. The second-order valence-electron chi connectivity index (χ2n) is 28.0. The molecule has 0 aromatic heterocycles. The summed E-state index contributed by atoms with van der Waals surface area (Å²) in [6, 6.07) is -5.38. The summed E-state index contributed by atoms with van der Waals surface area (Å²) in [4.78, 5) is 102. The van der Waals surface area contributed by atoms with Gasteiger partial charge < -0.3 is 160 Å². The summed E-state index contributed by atoms with van der Waals surface area (Å²) in [5.41, 5.74) is 0.204. The number of aliphatic hydroxyl groups excluding tert-OH is 9. The summed E-state index contributed by atoms with van der Waals surface area (Å²) in [6.45, 7) is 10.3. The van der Waals surface area contributed by atoms with Crippen LogP contribution in [0.25, 0.3) is 0 Å². The molecule has 1 unspecified atom stereocenters. The van der Waals surface area contributed by atoms with E-state index in [0.29, 0.717) is 38.6 Å². The van der Waals surface area contributed by atoms with Crippen molar-refractivity contribution in [2.45, 2.75) is 223 Å². The second-order valence-corrected chi connectivity index (χ2v) is 28.0. The van der Waals surface area contributed by atoms with Gasteiger partial charge in [0.15, 0.2) is 18.9 Å². The van der Waals surface area contributed by atoms with Gasteiger partial charge in [-0.1, -0.05) is 52.9 Å². The van der Waals surface area contributed by atoms with Crippen molar-refractivity contribution in [3.8, 4) is 0 Å². The van der Waals surface area contributed by atoms with E-state index >= 15 is 0 Å². The average Bonchev–Trinajstić information content (AvgIpc) is 0.821. The molecular formula is C71H130N8O32. The fourth-order valence-electron chi connectivity index (χ4n) is 11.5. The Bertz CT molecular complexity index is 2560. The lowest BCUT2D eigenvalue weighted by atomic mass is 9.89. The Morgan fingerprint density at radius 3 is 0.973 bits per heavy atom. The number of aliphatic hydroxyl groups is 9. The molecule has 17 atom stereocenters. The van der Waals surface area contributed by atoms with E-state index in [1.165, 1.54) is 20.8 Å². The maximum absolute atomic E-state index is 14.3. The zero-order chi connectivity index (χ0) is 81.8. The van der Waals surface area contributed by atoms with Gasteiger partial charge in [0.05, 0.1) is 139 Å². The molecule has 17 N–H and O–H groups in total. The summed E-state index contributed by atoms with van der Waals surface area (Å²) in [7, 11) is 0. The number of carbonyl (C=O) groups excluding carboxylic acids is 8. The van der Waals surface area contributed by atoms with E-state index in [1.807, 2.05) is 0 Å². The van der Waals surface area contributed by atoms with Crippen LogP contribution in [0.4, 0.5) is 0 Å². The first-order valence-electron chi connectivity index (χ1n) is 38.4. The smallest absolute Gasteiger partial charge is 0.246 e. The van der Waals surface area contributed by atoms with Gasteiger partial charge in [-0.05, 0) is 50.4 Å². The molecule has 3 aliphatic heterocycles. The Morgan fingerprint density at radius 2 is 0.631 bits per heavy atom. The number of hydrogen-bond acceptors (Lipinski definition) is 32. The Labute approximate surface area is 649 Å². The summed E-state index contributed by atoms with van der Waals surface area (Å²) in [5, 5.41) is 112. The van der Waals surface area contributed by atoms with E-state index < -0.39 is 166 Å². The van der Waals surface area contributed by atoms with Crippen molar-refractivity contribution >= 4 is 47.3 Å². The van der Waals surface area contributed by atoms with Crippen LogP contribution in [0.1, 0.15) is 119 Å². The highest BCUT2D eigenvalue weighted by Gasteiger charge is 2.48. The average molecular weight is 1610 g/mol. The minimum Gasteiger partial charge on any atom is -0.394 e. The van der Waals surface area contributed by atoms with Crippen LogP contribution >= 0.6 is 0 Å². The zero-order valence-corrected chi connectivity index (χ0v) is 65.3. The Hall–Kier alpha value is -5.20. The van der Waals surface area contributed by atoms with Crippen LogP contribution in [-0.2, 0) is 109 Å². The Morgan fingerprint density at radius 1 is 0.342 bits per heavy atom. The minimum atomic E-state index is -1.46. The standard InChI is InChI=1S/C71H130N8O32/c1-46(83)75-57-63(92)60(89)51(40-80)109-68(57)106-37-34-100-25-22-97-28-31-103-43-54(86)72-19-14-9-10-16-50(78-56(88)45-105-33-30-99-24-27-102-36-39-108-70-59(77-48(3)85)65(94)62(91)53(42-82)111-70)67(96)79-49(66(95)74-21-13-8-7-12-18-71(4,5)6)17-11-15-20-73-55(87)44-104-32-29-98-23-26-101-35-38-107-69-58(76-47(2)84)64(93)61(90)52(41-81)110-69/h49-53,57-65,68-70,80-82,89-94H,7-45H2,1-6H3,(H,72,86)(H,73,87)(H,74,95)(H,75,83)(H,76,84)(H,77,85)(H,78,88)(H,79,96)/t49?,50-,51+,52+,53+,57+,58+,59+,60-,61-,62-,63+,64+,65+,68+,69+,70+/m0/s1. The predicted molar refractivity (Wildman–Crippen MR) is 389 cm³/mol. The van der Waals surface area contributed by atoms with Gasteiger partial charge >= 0.3 is 0 Å². The topological polar surface area (TPSA) is 553 Å². The molecule has 0 radical (unpaired) electrons. The van der Waals surface area contributed by atoms with Crippen LogP contribution in [0, 0.1) is 5.41 Å². The van der Waals surface area contributed by atoms with Crippen molar-refractivity contribution in [3.63, 3.8) is 0 Å². The molecule has 3 fully saturated rings. The van der Waals surface area contributed by atoms with Crippen molar-refractivity contribution in [1.29, 1.82) is 0 Å². The van der Waals surface area contributed by atoms with Crippen LogP contribution in [0.2, 0.25) is 0 Å². The Balaban J connectivity index is 1.47.